The molecule has 2 fully saturated rings. The van der Waals surface area contributed by atoms with Crippen LogP contribution in [-0.4, -0.2) is 39.9 Å². The first-order valence-electron chi connectivity index (χ1n) is 12.0. The summed E-state index contributed by atoms with van der Waals surface area (Å²) in [5, 5.41) is 4.46. The summed E-state index contributed by atoms with van der Waals surface area (Å²) in [4.78, 5) is 26.3. The lowest BCUT2D eigenvalue weighted by Crippen LogP contribution is -2.52. The van der Waals surface area contributed by atoms with Gasteiger partial charge in [-0.1, -0.05) is 49.2 Å². The molecule has 0 bridgehead atoms. The molecule has 33 heavy (non-hydrogen) atoms. The maximum atomic E-state index is 13.9. The van der Waals surface area contributed by atoms with E-state index in [2.05, 4.69) is 27.3 Å². The van der Waals surface area contributed by atoms with Gasteiger partial charge in [-0.05, 0) is 62.6 Å². The smallest absolute Gasteiger partial charge is 0.274 e. The van der Waals surface area contributed by atoms with Gasteiger partial charge in [-0.3, -0.25) is 4.79 Å². The van der Waals surface area contributed by atoms with Crippen LogP contribution in [0, 0.1) is 19.3 Å². The molecule has 1 unspecified atom stereocenters. The van der Waals surface area contributed by atoms with Crippen molar-refractivity contribution in [2.75, 3.05) is 18.4 Å². The van der Waals surface area contributed by atoms with Gasteiger partial charge in [-0.2, -0.15) is 0 Å². The van der Waals surface area contributed by atoms with Crippen molar-refractivity contribution in [1.82, 2.24) is 14.9 Å². The maximum Gasteiger partial charge on any atom is 0.274 e. The number of hydrogen-bond acceptors (Lipinski definition) is 5. The number of nitrogens with one attached hydrogen (secondary N) is 1. The number of benzene rings is 1. The summed E-state index contributed by atoms with van der Waals surface area (Å²) in [5.74, 6) is 0.943. The lowest BCUT2D eigenvalue weighted by molar-refractivity contribution is 0.0389. The van der Waals surface area contributed by atoms with E-state index in [1.165, 1.54) is 25.7 Å². The first kappa shape index (κ1) is 22.1. The third kappa shape index (κ3) is 4.67. The summed E-state index contributed by atoms with van der Waals surface area (Å²) in [6.07, 6.45) is 7.37. The fraction of sp³-hybridized carbons (Fsp3) is 0.444. The number of anilines is 1. The lowest BCUT2D eigenvalue weighted by Gasteiger charge is -2.45. The number of carbonyl (C=O) groups excluding carboxylic acids is 1. The molecule has 3 aromatic rings. The van der Waals surface area contributed by atoms with Crippen molar-refractivity contribution >= 4 is 23.1 Å². The number of piperidine rings is 1. The van der Waals surface area contributed by atoms with Crippen LogP contribution in [0.25, 0.3) is 10.4 Å². The highest BCUT2D eigenvalue weighted by molar-refractivity contribution is 7.15. The predicted molar refractivity (Wildman–Crippen MR) is 135 cm³/mol. The minimum atomic E-state index is 0.0649. The van der Waals surface area contributed by atoms with E-state index in [-0.39, 0.29) is 11.9 Å². The zero-order valence-electron chi connectivity index (χ0n) is 19.5. The second-order valence-corrected chi connectivity index (χ2v) is 10.8. The molecule has 5 rings (SSSR count). The molecule has 0 radical (unpaired) electrons. The Morgan fingerprint density at radius 3 is 2.61 bits per heavy atom. The highest BCUT2D eigenvalue weighted by Crippen LogP contribution is 2.48. The molecule has 1 aromatic carbocycles. The molecule has 1 aliphatic carbocycles. The highest BCUT2D eigenvalue weighted by Gasteiger charge is 2.43. The minimum absolute atomic E-state index is 0.0649. The average molecular weight is 461 g/mol. The largest absolute Gasteiger partial charge is 0.368 e. The summed E-state index contributed by atoms with van der Waals surface area (Å²) in [6, 6.07) is 16.3. The van der Waals surface area contributed by atoms with E-state index in [4.69, 9.17) is 4.98 Å². The first-order valence-corrected chi connectivity index (χ1v) is 12.9. The van der Waals surface area contributed by atoms with Gasteiger partial charge in [0.05, 0.1) is 9.88 Å². The zero-order valence-corrected chi connectivity index (χ0v) is 20.3. The molecule has 2 aromatic heterocycles. The van der Waals surface area contributed by atoms with Gasteiger partial charge >= 0.3 is 0 Å². The van der Waals surface area contributed by atoms with Crippen LogP contribution < -0.4 is 5.32 Å². The molecule has 1 saturated carbocycles. The molecule has 1 saturated heterocycles. The number of thiazole rings is 1. The van der Waals surface area contributed by atoms with Crippen molar-refractivity contribution in [2.45, 2.75) is 58.4 Å². The zero-order chi connectivity index (χ0) is 22.8. The normalized spacial score (nSPS) is 19.7. The van der Waals surface area contributed by atoms with Gasteiger partial charge in [0.25, 0.3) is 5.91 Å². The molecule has 1 N–H and O–H groups in total. The Balaban J connectivity index is 1.42. The summed E-state index contributed by atoms with van der Waals surface area (Å²) < 4.78 is 0. The van der Waals surface area contributed by atoms with Crippen LogP contribution in [0.1, 0.15) is 59.7 Å². The average Bonchev–Trinajstić information content (AvgIpc) is 3.44. The second kappa shape index (κ2) is 9.26. The van der Waals surface area contributed by atoms with Crippen LogP contribution in [0.4, 0.5) is 5.82 Å². The van der Waals surface area contributed by atoms with Gasteiger partial charge in [-0.15, -0.1) is 11.3 Å². The second-order valence-electron chi connectivity index (χ2n) is 9.64. The summed E-state index contributed by atoms with van der Waals surface area (Å²) in [7, 11) is 0. The number of pyridine rings is 1. The molecule has 1 spiro atoms. The van der Waals surface area contributed by atoms with Crippen LogP contribution in [-0.2, 0) is 0 Å². The van der Waals surface area contributed by atoms with E-state index in [0.29, 0.717) is 17.7 Å². The Hall–Kier alpha value is -2.73. The number of nitrogens with zero attached hydrogens (tertiary/aromatic N) is 3. The molecule has 5 nitrogen and oxygen atoms in total. The number of aromatic nitrogens is 2. The van der Waals surface area contributed by atoms with E-state index in [9.17, 15) is 4.79 Å². The molecule has 2 aliphatic rings. The van der Waals surface area contributed by atoms with Gasteiger partial charge in [0.1, 0.15) is 11.5 Å². The molecule has 172 valence electrons. The van der Waals surface area contributed by atoms with Crippen molar-refractivity contribution in [2.24, 2.45) is 5.41 Å². The quantitative estimate of drug-likeness (QED) is 0.500. The SMILES string of the molecule is Cc1cccc(NCC2CC3(CCCC3)CCN2C(=O)c2nc(C)sc2-c2ccccc2)n1. The summed E-state index contributed by atoms with van der Waals surface area (Å²) in [6.45, 7) is 5.51. The Kier molecular flexibility index (Phi) is 6.19. The molecular formula is C27H32N4OS. The summed E-state index contributed by atoms with van der Waals surface area (Å²) in [5.41, 5.74) is 3.05. The molecule has 3 heterocycles. The number of likely N-dealkylation sites (tertiary alicyclic amines) is 1. The van der Waals surface area contributed by atoms with E-state index < -0.39 is 0 Å². The van der Waals surface area contributed by atoms with Crippen LogP contribution in [0.15, 0.2) is 48.5 Å². The number of carbonyl (C=O) groups is 1. The van der Waals surface area contributed by atoms with Crippen LogP contribution in [0.3, 0.4) is 0 Å². The number of rotatable bonds is 5. The fourth-order valence-electron chi connectivity index (χ4n) is 5.64. The standard InChI is InChI=1S/C27H32N4OS/c1-19-9-8-12-23(29-19)28-18-22-17-27(13-6-7-14-27)15-16-31(22)26(32)24-25(33-20(2)30-24)21-10-4-3-5-11-21/h3-5,8-12,22H,6-7,13-18H2,1-2H3,(H,28,29). The van der Waals surface area contributed by atoms with Crippen LogP contribution in [0.2, 0.25) is 0 Å². The van der Waals surface area contributed by atoms with Gasteiger partial charge in [0.2, 0.25) is 0 Å². The van der Waals surface area contributed by atoms with Gasteiger partial charge in [0, 0.05) is 24.8 Å². The molecular weight excluding hydrogens is 428 g/mol. The van der Waals surface area contributed by atoms with E-state index in [1.807, 2.05) is 50.2 Å². The fourth-order valence-corrected chi connectivity index (χ4v) is 6.55. The van der Waals surface area contributed by atoms with Gasteiger partial charge in [-0.25, -0.2) is 9.97 Å². The van der Waals surface area contributed by atoms with Gasteiger partial charge < -0.3 is 10.2 Å². The highest BCUT2D eigenvalue weighted by atomic mass is 32.1. The topological polar surface area (TPSA) is 58.1 Å². The Bertz CT molecular complexity index is 1120. The van der Waals surface area contributed by atoms with Gasteiger partial charge in [0.15, 0.2) is 0 Å². The Morgan fingerprint density at radius 2 is 1.85 bits per heavy atom. The van der Waals surface area contributed by atoms with Crippen molar-refractivity contribution in [3.8, 4) is 10.4 Å². The Morgan fingerprint density at radius 1 is 1.06 bits per heavy atom. The minimum Gasteiger partial charge on any atom is -0.368 e. The monoisotopic (exact) mass is 460 g/mol. The van der Waals surface area contributed by atoms with E-state index >= 15 is 0 Å². The van der Waals surface area contributed by atoms with Crippen LogP contribution in [0.5, 0.6) is 0 Å². The predicted octanol–water partition coefficient (Wildman–Crippen LogP) is 6.10. The third-order valence-electron chi connectivity index (χ3n) is 7.30. The van der Waals surface area contributed by atoms with E-state index in [0.717, 1.165) is 46.3 Å². The maximum absolute atomic E-state index is 13.9. The van der Waals surface area contributed by atoms with Crippen molar-refractivity contribution in [3.63, 3.8) is 0 Å². The van der Waals surface area contributed by atoms with Crippen LogP contribution >= 0.6 is 11.3 Å². The summed E-state index contributed by atoms with van der Waals surface area (Å²) >= 11 is 1.61. The molecule has 6 heteroatoms. The number of hydrogen-bond donors (Lipinski definition) is 1. The number of aryl methyl sites for hydroxylation is 2. The molecule has 1 amide bonds. The Labute approximate surface area is 200 Å². The van der Waals surface area contributed by atoms with Crippen molar-refractivity contribution < 1.29 is 4.79 Å². The lowest BCUT2D eigenvalue weighted by atomic mass is 9.74. The van der Waals surface area contributed by atoms with Crippen molar-refractivity contribution in [3.05, 3.63) is 64.9 Å². The number of amides is 1. The first-order chi connectivity index (χ1) is 16.0. The molecule has 1 atom stereocenters. The van der Waals surface area contributed by atoms with Crippen molar-refractivity contribution in [1.29, 1.82) is 0 Å². The third-order valence-corrected chi connectivity index (χ3v) is 8.32. The van der Waals surface area contributed by atoms with E-state index in [1.54, 1.807) is 11.3 Å². The molecule has 1 aliphatic heterocycles.